The summed E-state index contributed by atoms with van der Waals surface area (Å²) in [6.45, 7) is 6.62. The lowest BCUT2D eigenvalue weighted by Gasteiger charge is -2.22. The topological polar surface area (TPSA) is 38.3 Å². The van der Waals surface area contributed by atoms with Crippen LogP contribution in [-0.4, -0.2) is 25.7 Å². The Balaban J connectivity index is 2.10. The Kier molecular flexibility index (Phi) is 4.22. The molecule has 1 aliphatic rings. The number of ether oxygens (including phenoxy) is 1. The van der Waals surface area contributed by atoms with Gasteiger partial charge in [0.2, 0.25) is 5.91 Å². The van der Waals surface area contributed by atoms with Crippen LogP contribution in [0.5, 0.6) is 0 Å². The highest BCUT2D eigenvalue weighted by Crippen LogP contribution is 2.12. The number of hydrogen-bond donors (Lipinski definition) is 1. The van der Waals surface area contributed by atoms with E-state index in [1.54, 1.807) is 0 Å². The minimum atomic E-state index is 0.171. The number of carbonyl (C=O) groups is 1. The van der Waals surface area contributed by atoms with Gasteiger partial charge in [-0.2, -0.15) is 0 Å². The van der Waals surface area contributed by atoms with Crippen LogP contribution >= 0.6 is 0 Å². The summed E-state index contributed by atoms with van der Waals surface area (Å²) in [7, 11) is 0. The number of rotatable bonds is 4. The lowest BCUT2D eigenvalue weighted by Crippen LogP contribution is -2.35. The van der Waals surface area contributed by atoms with Crippen molar-refractivity contribution in [2.24, 2.45) is 11.8 Å². The summed E-state index contributed by atoms with van der Waals surface area (Å²) in [6.07, 6.45) is 1.70. The molecule has 13 heavy (non-hydrogen) atoms. The molecule has 0 unspecified atom stereocenters. The quantitative estimate of drug-likeness (QED) is 0.714. The van der Waals surface area contributed by atoms with Gasteiger partial charge in [0.05, 0.1) is 0 Å². The summed E-state index contributed by atoms with van der Waals surface area (Å²) in [6, 6.07) is 0. The largest absolute Gasteiger partial charge is 0.381 e. The van der Waals surface area contributed by atoms with Crippen LogP contribution in [0.2, 0.25) is 0 Å². The highest BCUT2D eigenvalue weighted by Gasteiger charge is 2.18. The molecule has 0 aromatic heterocycles. The summed E-state index contributed by atoms with van der Waals surface area (Å²) in [5.74, 6) is 1.19. The van der Waals surface area contributed by atoms with Crippen LogP contribution in [0.25, 0.3) is 0 Å². The molecule has 3 nitrogen and oxygen atoms in total. The first kappa shape index (κ1) is 10.5. The van der Waals surface area contributed by atoms with Crippen LogP contribution in [0.3, 0.4) is 0 Å². The zero-order chi connectivity index (χ0) is 9.68. The maximum atomic E-state index is 11.0. The molecule has 0 radical (unpaired) electrons. The highest BCUT2D eigenvalue weighted by atomic mass is 16.5. The number of carbonyl (C=O) groups excluding carboxylic acids is 1. The average Bonchev–Trinajstić information content (AvgIpc) is 2.03. The molecule has 0 spiro atoms. The molecule has 1 amide bonds. The van der Waals surface area contributed by atoms with Crippen LogP contribution in [0, 0.1) is 11.8 Å². The fraction of sp³-hybridized carbons (Fsp3) is 0.900. The first-order chi connectivity index (χ1) is 6.18. The van der Waals surface area contributed by atoms with E-state index in [0.29, 0.717) is 18.3 Å². The van der Waals surface area contributed by atoms with E-state index in [9.17, 15) is 4.79 Å². The van der Waals surface area contributed by atoms with Gasteiger partial charge in [0.25, 0.3) is 0 Å². The summed E-state index contributed by atoms with van der Waals surface area (Å²) in [5, 5.41) is 2.82. The molecule has 0 bridgehead atoms. The van der Waals surface area contributed by atoms with Gasteiger partial charge in [0.15, 0.2) is 0 Å². The predicted octanol–water partition coefficient (Wildman–Crippen LogP) is 1.19. The van der Waals surface area contributed by atoms with E-state index in [2.05, 4.69) is 19.2 Å². The SMILES string of the molecule is CC(C)COC[C@@H]1CCNC(=O)C1. The van der Waals surface area contributed by atoms with E-state index in [1.165, 1.54) is 0 Å². The molecule has 1 aliphatic heterocycles. The van der Waals surface area contributed by atoms with Crippen LogP contribution in [0.1, 0.15) is 26.7 Å². The van der Waals surface area contributed by atoms with Crippen molar-refractivity contribution in [1.29, 1.82) is 0 Å². The third-order valence-corrected chi connectivity index (χ3v) is 2.15. The minimum Gasteiger partial charge on any atom is -0.381 e. The van der Waals surface area contributed by atoms with Crippen LogP contribution in [-0.2, 0) is 9.53 Å². The van der Waals surface area contributed by atoms with Crippen LogP contribution in [0.4, 0.5) is 0 Å². The summed E-state index contributed by atoms with van der Waals surface area (Å²) in [4.78, 5) is 11.0. The molecular weight excluding hydrogens is 166 g/mol. The van der Waals surface area contributed by atoms with Gasteiger partial charge >= 0.3 is 0 Å². The van der Waals surface area contributed by atoms with Gasteiger partial charge in [0, 0.05) is 26.2 Å². The number of nitrogens with one attached hydrogen (secondary N) is 1. The smallest absolute Gasteiger partial charge is 0.220 e. The molecule has 1 N–H and O–H groups in total. The maximum absolute atomic E-state index is 11.0. The molecule has 3 heteroatoms. The van der Waals surface area contributed by atoms with E-state index < -0.39 is 0 Å². The average molecular weight is 185 g/mol. The van der Waals surface area contributed by atoms with Gasteiger partial charge in [-0.05, 0) is 18.3 Å². The van der Waals surface area contributed by atoms with Crippen molar-refractivity contribution in [2.45, 2.75) is 26.7 Å². The van der Waals surface area contributed by atoms with Crippen molar-refractivity contribution in [2.75, 3.05) is 19.8 Å². The standard InChI is InChI=1S/C10H19NO2/c1-8(2)6-13-7-9-3-4-11-10(12)5-9/h8-9H,3-7H2,1-2H3,(H,11,12)/t9-/m1/s1. The first-order valence-corrected chi connectivity index (χ1v) is 5.03. The van der Waals surface area contributed by atoms with E-state index in [0.717, 1.165) is 26.2 Å². The summed E-state index contributed by atoms with van der Waals surface area (Å²) in [5.41, 5.74) is 0. The highest BCUT2D eigenvalue weighted by molar-refractivity contribution is 5.76. The van der Waals surface area contributed by atoms with E-state index in [-0.39, 0.29) is 5.91 Å². The van der Waals surface area contributed by atoms with E-state index in [1.807, 2.05) is 0 Å². The Morgan fingerprint density at radius 1 is 1.62 bits per heavy atom. The zero-order valence-electron chi connectivity index (χ0n) is 8.51. The third kappa shape index (κ3) is 4.27. The minimum absolute atomic E-state index is 0.171. The lowest BCUT2D eigenvalue weighted by atomic mass is 9.99. The number of piperidine rings is 1. The molecule has 76 valence electrons. The second-order valence-corrected chi connectivity index (χ2v) is 4.14. The number of hydrogen-bond acceptors (Lipinski definition) is 2. The molecular formula is C10H19NO2. The predicted molar refractivity (Wildman–Crippen MR) is 51.4 cm³/mol. The Hall–Kier alpha value is -0.570. The van der Waals surface area contributed by atoms with E-state index >= 15 is 0 Å². The Morgan fingerprint density at radius 2 is 2.38 bits per heavy atom. The molecule has 1 saturated heterocycles. The first-order valence-electron chi connectivity index (χ1n) is 5.03. The number of amides is 1. The fourth-order valence-corrected chi connectivity index (χ4v) is 1.46. The summed E-state index contributed by atoms with van der Waals surface area (Å²) < 4.78 is 5.50. The molecule has 0 aromatic rings. The van der Waals surface area contributed by atoms with Crippen molar-refractivity contribution >= 4 is 5.91 Å². The van der Waals surface area contributed by atoms with Crippen molar-refractivity contribution in [3.63, 3.8) is 0 Å². The van der Waals surface area contributed by atoms with Crippen LogP contribution < -0.4 is 5.32 Å². The van der Waals surface area contributed by atoms with Crippen molar-refractivity contribution in [3.8, 4) is 0 Å². The van der Waals surface area contributed by atoms with Crippen molar-refractivity contribution in [1.82, 2.24) is 5.32 Å². The molecule has 0 aliphatic carbocycles. The molecule has 1 rings (SSSR count). The summed E-state index contributed by atoms with van der Waals surface area (Å²) >= 11 is 0. The van der Waals surface area contributed by atoms with Gasteiger partial charge in [-0.15, -0.1) is 0 Å². The second kappa shape index (κ2) is 5.22. The molecule has 0 saturated carbocycles. The van der Waals surface area contributed by atoms with Crippen molar-refractivity contribution in [3.05, 3.63) is 0 Å². The van der Waals surface area contributed by atoms with Gasteiger partial charge in [-0.1, -0.05) is 13.8 Å². The lowest BCUT2D eigenvalue weighted by molar-refractivity contribution is -0.124. The normalized spacial score (nSPS) is 23.3. The van der Waals surface area contributed by atoms with Crippen LogP contribution in [0.15, 0.2) is 0 Å². The molecule has 1 fully saturated rings. The van der Waals surface area contributed by atoms with Gasteiger partial charge in [-0.25, -0.2) is 0 Å². The fourth-order valence-electron chi connectivity index (χ4n) is 1.46. The van der Waals surface area contributed by atoms with Gasteiger partial charge in [0.1, 0.15) is 0 Å². The zero-order valence-corrected chi connectivity index (χ0v) is 8.51. The third-order valence-electron chi connectivity index (χ3n) is 2.15. The Bertz CT molecular complexity index is 168. The maximum Gasteiger partial charge on any atom is 0.220 e. The van der Waals surface area contributed by atoms with Crippen molar-refractivity contribution < 1.29 is 9.53 Å². The molecule has 0 aromatic carbocycles. The monoisotopic (exact) mass is 185 g/mol. The molecule has 1 atom stereocenters. The second-order valence-electron chi connectivity index (χ2n) is 4.14. The van der Waals surface area contributed by atoms with E-state index in [4.69, 9.17) is 4.74 Å². The van der Waals surface area contributed by atoms with Gasteiger partial charge in [-0.3, -0.25) is 4.79 Å². The van der Waals surface area contributed by atoms with Gasteiger partial charge < -0.3 is 10.1 Å². The Morgan fingerprint density at radius 3 is 3.00 bits per heavy atom. The molecule has 1 heterocycles. The Labute approximate surface area is 79.8 Å².